The van der Waals surface area contributed by atoms with Crippen LogP contribution in [0.15, 0.2) is 42.7 Å². The molecule has 2 heterocycles. The van der Waals surface area contributed by atoms with E-state index in [1.54, 1.807) is 0 Å². The Morgan fingerprint density at radius 2 is 2.10 bits per heavy atom. The summed E-state index contributed by atoms with van der Waals surface area (Å²) in [5.41, 5.74) is 4.07. The van der Waals surface area contributed by atoms with Gasteiger partial charge in [0.2, 0.25) is 0 Å². The summed E-state index contributed by atoms with van der Waals surface area (Å²) in [5, 5.41) is 3.57. The van der Waals surface area contributed by atoms with E-state index in [-0.39, 0.29) is 0 Å². The van der Waals surface area contributed by atoms with Gasteiger partial charge < -0.3 is 10.1 Å². The van der Waals surface area contributed by atoms with Crippen LogP contribution in [-0.4, -0.2) is 18.1 Å². The van der Waals surface area contributed by atoms with Gasteiger partial charge in [-0.3, -0.25) is 4.98 Å². The van der Waals surface area contributed by atoms with Gasteiger partial charge in [0.25, 0.3) is 0 Å². The molecule has 3 nitrogen and oxygen atoms in total. The van der Waals surface area contributed by atoms with Crippen molar-refractivity contribution in [1.29, 1.82) is 0 Å². The maximum atomic E-state index is 5.57. The summed E-state index contributed by atoms with van der Waals surface area (Å²) < 4.78 is 5.57. The van der Waals surface area contributed by atoms with Crippen LogP contribution in [0.1, 0.15) is 36.1 Å². The lowest BCUT2D eigenvalue weighted by Gasteiger charge is -2.18. The molecule has 1 unspecified atom stereocenters. The average molecular weight is 282 g/mol. The second-order valence-electron chi connectivity index (χ2n) is 5.47. The highest BCUT2D eigenvalue weighted by molar-refractivity contribution is 5.39. The Morgan fingerprint density at radius 3 is 2.90 bits per heavy atom. The molecule has 1 aromatic heterocycles. The molecule has 1 aromatic carbocycles. The summed E-state index contributed by atoms with van der Waals surface area (Å²) >= 11 is 0. The number of nitrogens with one attached hydrogen (secondary N) is 1. The van der Waals surface area contributed by atoms with E-state index in [1.165, 1.54) is 16.7 Å². The third-order valence-electron chi connectivity index (χ3n) is 4.03. The van der Waals surface area contributed by atoms with Crippen molar-refractivity contribution >= 4 is 0 Å². The zero-order valence-corrected chi connectivity index (χ0v) is 12.5. The van der Waals surface area contributed by atoms with Crippen LogP contribution in [0, 0.1) is 0 Å². The van der Waals surface area contributed by atoms with E-state index >= 15 is 0 Å². The first-order valence-corrected chi connectivity index (χ1v) is 7.74. The van der Waals surface area contributed by atoms with Crippen LogP contribution in [0.3, 0.4) is 0 Å². The molecule has 1 aliphatic rings. The zero-order chi connectivity index (χ0) is 14.5. The van der Waals surface area contributed by atoms with Gasteiger partial charge in [-0.05, 0) is 54.3 Å². The van der Waals surface area contributed by atoms with E-state index < -0.39 is 0 Å². The second kappa shape index (κ2) is 6.72. The molecule has 2 aromatic rings. The minimum absolute atomic E-state index is 0.391. The Morgan fingerprint density at radius 1 is 1.24 bits per heavy atom. The number of nitrogens with zero attached hydrogens (tertiary/aromatic N) is 1. The largest absolute Gasteiger partial charge is 0.493 e. The summed E-state index contributed by atoms with van der Waals surface area (Å²) in [4.78, 5) is 4.10. The molecule has 3 rings (SSSR count). The minimum atomic E-state index is 0.391. The lowest BCUT2D eigenvalue weighted by atomic mass is 9.98. The van der Waals surface area contributed by atoms with Crippen molar-refractivity contribution in [3.05, 3.63) is 59.4 Å². The van der Waals surface area contributed by atoms with E-state index in [9.17, 15) is 0 Å². The molecular formula is C18H22N2O. The topological polar surface area (TPSA) is 34.1 Å². The Labute approximate surface area is 126 Å². The quantitative estimate of drug-likeness (QED) is 0.882. The van der Waals surface area contributed by atoms with Crippen molar-refractivity contribution in [3.63, 3.8) is 0 Å². The number of benzene rings is 1. The van der Waals surface area contributed by atoms with Gasteiger partial charge >= 0.3 is 0 Å². The van der Waals surface area contributed by atoms with Crippen molar-refractivity contribution in [2.24, 2.45) is 0 Å². The number of hydrogen-bond acceptors (Lipinski definition) is 3. The SMILES string of the molecule is CCNC(CCc1ccc2c(c1)CCO2)c1ccncc1. The van der Waals surface area contributed by atoms with Crippen molar-refractivity contribution in [2.75, 3.05) is 13.2 Å². The number of fused-ring (bicyclic) bond motifs is 1. The maximum Gasteiger partial charge on any atom is 0.122 e. The molecule has 0 saturated carbocycles. The van der Waals surface area contributed by atoms with Crippen LogP contribution in [0.2, 0.25) is 0 Å². The molecule has 1 N–H and O–H groups in total. The Hall–Kier alpha value is -1.87. The first-order valence-electron chi connectivity index (χ1n) is 7.74. The third kappa shape index (κ3) is 3.42. The van der Waals surface area contributed by atoms with Crippen molar-refractivity contribution in [1.82, 2.24) is 10.3 Å². The predicted molar refractivity (Wildman–Crippen MR) is 84.6 cm³/mol. The predicted octanol–water partition coefficient (Wildman–Crippen LogP) is 3.30. The maximum absolute atomic E-state index is 5.57. The van der Waals surface area contributed by atoms with Crippen LogP contribution in [-0.2, 0) is 12.8 Å². The molecule has 1 atom stereocenters. The monoisotopic (exact) mass is 282 g/mol. The molecule has 0 fully saturated rings. The van der Waals surface area contributed by atoms with Crippen LogP contribution >= 0.6 is 0 Å². The van der Waals surface area contributed by atoms with Crippen LogP contribution in [0.4, 0.5) is 0 Å². The van der Waals surface area contributed by atoms with Gasteiger partial charge in [-0.25, -0.2) is 0 Å². The Kier molecular flexibility index (Phi) is 4.51. The molecule has 0 aliphatic carbocycles. The fourth-order valence-electron chi connectivity index (χ4n) is 2.94. The molecule has 0 radical (unpaired) electrons. The Bertz CT molecular complexity index is 583. The Balaban J connectivity index is 1.67. The number of ether oxygens (including phenoxy) is 1. The first kappa shape index (κ1) is 14.1. The van der Waals surface area contributed by atoms with E-state index in [2.05, 4.69) is 47.6 Å². The van der Waals surface area contributed by atoms with Gasteiger partial charge in [0.15, 0.2) is 0 Å². The molecule has 0 bridgehead atoms. The first-order chi connectivity index (χ1) is 10.4. The fourth-order valence-corrected chi connectivity index (χ4v) is 2.94. The number of aromatic nitrogens is 1. The van der Waals surface area contributed by atoms with Gasteiger partial charge in [-0.1, -0.05) is 19.1 Å². The summed E-state index contributed by atoms with van der Waals surface area (Å²) in [7, 11) is 0. The summed E-state index contributed by atoms with van der Waals surface area (Å²) in [6, 6.07) is 11.2. The molecular weight excluding hydrogens is 260 g/mol. The lowest BCUT2D eigenvalue weighted by molar-refractivity contribution is 0.357. The number of rotatable bonds is 6. The van der Waals surface area contributed by atoms with E-state index in [4.69, 9.17) is 4.74 Å². The lowest BCUT2D eigenvalue weighted by Crippen LogP contribution is -2.21. The highest BCUT2D eigenvalue weighted by Crippen LogP contribution is 2.27. The van der Waals surface area contributed by atoms with Crippen molar-refractivity contribution in [2.45, 2.75) is 32.2 Å². The van der Waals surface area contributed by atoms with E-state index in [0.29, 0.717) is 6.04 Å². The molecule has 21 heavy (non-hydrogen) atoms. The normalized spacial score (nSPS) is 14.5. The standard InChI is InChI=1S/C18H22N2O/c1-2-20-17(15-7-10-19-11-8-15)5-3-14-4-6-18-16(13-14)9-12-21-18/h4,6-8,10-11,13,17,20H,2-3,5,9,12H2,1H3. The summed E-state index contributed by atoms with van der Waals surface area (Å²) in [6.45, 7) is 3.96. The molecule has 1 aliphatic heterocycles. The number of aryl methyl sites for hydroxylation is 1. The minimum Gasteiger partial charge on any atom is -0.493 e. The summed E-state index contributed by atoms with van der Waals surface area (Å²) in [5.74, 6) is 1.07. The average Bonchev–Trinajstić information content (AvgIpc) is 3.00. The molecule has 0 amide bonds. The van der Waals surface area contributed by atoms with Gasteiger partial charge in [0.05, 0.1) is 6.61 Å². The molecule has 0 saturated heterocycles. The summed E-state index contributed by atoms with van der Waals surface area (Å²) in [6.07, 6.45) is 6.95. The van der Waals surface area contributed by atoms with Crippen LogP contribution in [0.25, 0.3) is 0 Å². The number of hydrogen-bond donors (Lipinski definition) is 1. The second-order valence-corrected chi connectivity index (χ2v) is 5.47. The van der Waals surface area contributed by atoms with Gasteiger partial charge in [-0.15, -0.1) is 0 Å². The smallest absolute Gasteiger partial charge is 0.122 e. The van der Waals surface area contributed by atoms with Crippen molar-refractivity contribution in [3.8, 4) is 5.75 Å². The van der Waals surface area contributed by atoms with Gasteiger partial charge in [-0.2, -0.15) is 0 Å². The van der Waals surface area contributed by atoms with Crippen LogP contribution in [0.5, 0.6) is 5.75 Å². The zero-order valence-electron chi connectivity index (χ0n) is 12.5. The molecule has 3 heteroatoms. The number of pyridine rings is 1. The van der Waals surface area contributed by atoms with Gasteiger partial charge in [0.1, 0.15) is 5.75 Å². The van der Waals surface area contributed by atoms with Crippen LogP contribution < -0.4 is 10.1 Å². The fraction of sp³-hybridized carbons (Fsp3) is 0.389. The van der Waals surface area contributed by atoms with E-state index in [1.807, 2.05) is 12.4 Å². The van der Waals surface area contributed by atoms with Gasteiger partial charge in [0, 0.05) is 24.9 Å². The molecule has 0 spiro atoms. The highest BCUT2D eigenvalue weighted by Gasteiger charge is 2.14. The highest BCUT2D eigenvalue weighted by atomic mass is 16.5. The van der Waals surface area contributed by atoms with Crippen molar-refractivity contribution < 1.29 is 4.74 Å². The molecule has 110 valence electrons. The third-order valence-corrected chi connectivity index (χ3v) is 4.03. The van der Waals surface area contributed by atoms with E-state index in [0.717, 1.165) is 38.2 Å².